The van der Waals surface area contributed by atoms with Crippen LogP contribution in [0.25, 0.3) is 4.96 Å². The smallest absolute Gasteiger partial charge is 0.340 e. The maximum absolute atomic E-state index is 12.7. The number of fused-ring (bicyclic) bond motifs is 1. The van der Waals surface area contributed by atoms with Crippen molar-refractivity contribution in [1.29, 1.82) is 0 Å². The van der Waals surface area contributed by atoms with Gasteiger partial charge in [0, 0.05) is 22.7 Å². The number of benzene rings is 2. The average Bonchev–Trinajstić information content (AvgIpc) is 3.22. The Balaban J connectivity index is 1.54. The number of ether oxygens (including phenoxy) is 1. The van der Waals surface area contributed by atoms with Gasteiger partial charge in [0.15, 0.2) is 4.96 Å². The van der Waals surface area contributed by atoms with Crippen molar-refractivity contribution in [2.24, 2.45) is 0 Å². The Hall–Kier alpha value is -3.21. The van der Waals surface area contributed by atoms with Crippen LogP contribution in [0.1, 0.15) is 16.1 Å². The molecule has 0 aliphatic carbocycles. The summed E-state index contributed by atoms with van der Waals surface area (Å²) in [5.41, 5.74) is 0.0894. The molecule has 4 aromatic rings. The average molecular weight is 476 g/mol. The summed E-state index contributed by atoms with van der Waals surface area (Å²) in [6.07, 6.45) is 1.61. The van der Waals surface area contributed by atoms with Crippen LogP contribution < -0.4 is 10.3 Å². The second kappa shape index (κ2) is 8.50. The fourth-order valence-corrected chi connectivity index (χ4v) is 4.69. The standard InChI is InChI=1S/C20H14ClN3O5S2/c21-13-5-7-15(8-6-13)31(27,28)23-17-4-2-1-3-16(17)19(26)29-12-14-11-18(25)24-9-10-30-20(24)22-14/h1-11,23H,12H2. The van der Waals surface area contributed by atoms with Gasteiger partial charge in [0.2, 0.25) is 0 Å². The summed E-state index contributed by atoms with van der Waals surface area (Å²) < 4.78 is 34.4. The fraction of sp³-hybridized carbons (Fsp3) is 0.0500. The van der Waals surface area contributed by atoms with Crippen LogP contribution in [-0.2, 0) is 21.4 Å². The molecule has 2 aromatic carbocycles. The molecular formula is C20H14ClN3O5S2. The first kappa shape index (κ1) is 21.0. The summed E-state index contributed by atoms with van der Waals surface area (Å²) in [6, 6.07) is 13.0. The van der Waals surface area contributed by atoms with Gasteiger partial charge in [-0.15, -0.1) is 11.3 Å². The number of rotatable bonds is 6. The SMILES string of the molecule is O=C(OCc1cc(=O)n2ccsc2n1)c1ccccc1NS(=O)(=O)c1ccc(Cl)cc1. The van der Waals surface area contributed by atoms with Gasteiger partial charge in [0.05, 0.1) is 21.8 Å². The number of anilines is 1. The molecule has 1 N–H and O–H groups in total. The van der Waals surface area contributed by atoms with Crippen molar-refractivity contribution in [3.8, 4) is 0 Å². The van der Waals surface area contributed by atoms with E-state index in [-0.39, 0.29) is 28.3 Å². The molecule has 8 nitrogen and oxygen atoms in total. The fourth-order valence-electron chi connectivity index (χ4n) is 2.75. The predicted molar refractivity (Wildman–Crippen MR) is 117 cm³/mol. The monoisotopic (exact) mass is 475 g/mol. The lowest BCUT2D eigenvalue weighted by molar-refractivity contribution is 0.0469. The highest BCUT2D eigenvalue weighted by atomic mass is 35.5. The molecule has 158 valence electrons. The molecular weight excluding hydrogens is 462 g/mol. The minimum absolute atomic E-state index is 0.00556. The largest absolute Gasteiger partial charge is 0.456 e. The van der Waals surface area contributed by atoms with Crippen LogP contribution in [0.4, 0.5) is 5.69 Å². The Morgan fingerprint density at radius 2 is 1.90 bits per heavy atom. The van der Waals surface area contributed by atoms with Gasteiger partial charge in [-0.3, -0.25) is 13.9 Å². The van der Waals surface area contributed by atoms with Gasteiger partial charge in [-0.25, -0.2) is 18.2 Å². The van der Waals surface area contributed by atoms with E-state index >= 15 is 0 Å². The van der Waals surface area contributed by atoms with Gasteiger partial charge in [-0.1, -0.05) is 23.7 Å². The number of esters is 1. The summed E-state index contributed by atoms with van der Waals surface area (Å²) >= 11 is 7.09. The molecule has 0 amide bonds. The number of thiazole rings is 1. The summed E-state index contributed by atoms with van der Waals surface area (Å²) in [4.78, 5) is 29.4. The van der Waals surface area contributed by atoms with Crippen molar-refractivity contribution in [1.82, 2.24) is 9.38 Å². The zero-order valence-corrected chi connectivity index (χ0v) is 18.1. The molecule has 0 fully saturated rings. The van der Waals surface area contributed by atoms with Gasteiger partial charge >= 0.3 is 5.97 Å². The number of carbonyl (C=O) groups excluding carboxylic acids is 1. The maximum atomic E-state index is 12.7. The molecule has 0 unspecified atom stereocenters. The number of sulfonamides is 1. The van der Waals surface area contributed by atoms with E-state index in [0.29, 0.717) is 15.7 Å². The molecule has 0 saturated carbocycles. The van der Waals surface area contributed by atoms with E-state index in [1.165, 1.54) is 58.2 Å². The van der Waals surface area contributed by atoms with Crippen molar-refractivity contribution >= 4 is 49.6 Å². The molecule has 0 bridgehead atoms. The summed E-state index contributed by atoms with van der Waals surface area (Å²) in [6.45, 7) is -0.235. The van der Waals surface area contributed by atoms with Crippen molar-refractivity contribution < 1.29 is 17.9 Å². The van der Waals surface area contributed by atoms with E-state index < -0.39 is 16.0 Å². The van der Waals surface area contributed by atoms with Crippen LogP contribution in [0.5, 0.6) is 0 Å². The quantitative estimate of drug-likeness (QED) is 0.427. The topological polar surface area (TPSA) is 107 Å². The molecule has 0 saturated heterocycles. The number of para-hydroxylation sites is 1. The highest BCUT2D eigenvalue weighted by Crippen LogP contribution is 2.22. The first-order valence-corrected chi connectivity index (χ1v) is 11.6. The highest BCUT2D eigenvalue weighted by Gasteiger charge is 2.19. The zero-order valence-electron chi connectivity index (χ0n) is 15.7. The molecule has 0 atom stereocenters. The van der Waals surface area contributed by atoms with Crippen molar-refractivity contribution in [2.75, 3.05) is 4.72 Å². The van der Waals surface area contributed by atoms with Gasteiger partial charge < -0.3 is 4.74 Å². The molecule has 0 radical (unpaired) electrons. The normalized spacial score (nSPS) is 11.4. The van der Waals surface area contributed by atoms with Gasteiger partial charge in [0.25, 0.3) is 15.6 Å². The molecule has 31 heavy (non-hydrogen) atoms. The second-order valence-electron chi connectivity index (χ2n) is 6.32. The van der Waals surface area contributed by atoms with Gasteiger partial charge in [-0.05, 0) is 36.4 Å². The highest BCUT2D eigenvalue weighted by molar-refractivity contribution is 7.92. The van der Waals surface area contributed by atoms with Crippen LogP contribution in [0.15, 0.2) is 75.9 Å². The van der Waals surface area contributed by atoms with E-state index in [2.05, 4.69) is 9.71 Å². The van der Waals surface area contributed by atoms with Crippen LogP contribution in [-0.4, -0.2) is 23.8 Å². The number of nitrogens with zero attached hydrogens (tertiary/aromatic N) is 2. The van der Waals surface area contributed by atoms with Crippen molar-refractivity contribution in [2.45, 2.75) is 11.5 Å². The molecule has 2 heterocycles. The minimum atomic E-state index is -3.95. The summed E-state index contributed by atoms with van der Waals surface area (Å²) in [5, 5.41) is 2.12. The number of carbonyl (C=O) groups is 1. The van der Waals surface area contributed by atoms with E-state index in [9.17, 15) is 18.0 Å². The number of aromatic nitrogens is 2. The van der Waals surface area contributed by atoms with Crippen LogP contribution >= 0.6 is 22.9 Å². The van der Waals surface area contributed by atoms with Gasteiger partial charge in [0.1, 0.15) is 6.61 Å². The Labute approximate surface area is 185 Å². The minimum Gasteiger partial charge on any atom is -0.456 e. The number of hydrogen-bond acceptors (Lipinski definition) is 7. The Bertz CT molecular complexity index is 1430. The van der Waals surface area contributed by atoms with E-state index in [4.69, 9.17) is 16.3 Å². The molecule has 0 aliphatic rings. The van der Waals surface area contributed by atoms with E-state index in [0.717, 1.165) is 0 Å². The Morgan fingerprint density at radius 3 is 2.68 bits per heavy atom. The molecule has 11 heteroatoms. The number of hydrogen-bond donors (Lipinski definition) is 1. The van der Waals surface area contributed by atoms with Crippen LogP contribution in [0.2, 0.25) is 5.02 Å². The van der Waals surface area contributed by atoms with Crippen molar-refractivity contribution in [3.63, 3.8) is 0 Å². The van der Waals surface area contributed by atoms with Crippen LogP contribution in [0, 0.1) is 0 Å². The number of halogens is 1. The summed E-state index contributed by atoms with van der Waals surface area (Å²) in [5.74, 6) is -0.761. The van der Waals surface area contributed by atoms with Crippen LogP contribution in [0.3, 0.4) is 0 Å². The van der Waals surface area contributed by atoms with E-state index in [1.54, 1.807) is 23.7 Å². The lowest BCUT2D eigenvalue weighted by Gasteiger charge is -2.12. The lowest BCUT2D eigenvalue weighted by atomic mass is 10.2. The zero-order chi connectivity index (χ0) is 22.0. The maximum Gasteiger partial charge on any atom is 0.340 e. The summed E-state index contributed by atoms with van der Waals surface area (Å²) in [7, 11) is -3.95. The first-order valence-electron chi connectivity index (χ1n) is 8.84. The van der Waals surface area contributed by atoms with E-state index in [1.807, 2.05) is 0 Å². The number of nitrogens with one attached hydrogen (secondary N) is 1. The first-order chi connectivity index (χ1) is 14.8. The van der Waals surface area contributed by atoms with Crippen molar-refractivity contribution in [3.05, 3.63) is 92.8 Å². The molecule has 0 spiro atoms. The Kier molecular flexibility index (Phi) is 5.77. The third-order valence-corrected chi connectivity index (χ3v) is 6.61. The Morgan fingerprint density at radius 1 is 1.16 bits per heavy atom. The molecule has 4 rings (SSSR count). The van der Waals surface area contributed by atoms with Gasteiger partial charge in [-0.2, -0.15) is 0 Å². The third-order valence-electron chi connectivity index (χ3n) is 4.22. The predicted octanol–water partition coefficient (Wildman–Crippen LogP) is 3.57. The lowest BCUT2D eigenvalue weighted by Crippen LogP contribution is -2.17. The molecule has 0 aliphatic heterocycles. The third kappa shape index (κ3) is 4.61. The second-order valence-corrected chi connectivity index (χ2v) is 9.31. The molecule has 2 aromatic heterocycles.